The summed E-state index contributed by atoms with van der Waals surface area (Å²) in [5.41, 5.74) is 0.0723. The van der Waals surface area contributed by atoms with E-state index in [0.717, 1.165) is 0 Å². The largest absolute Gasteiger partial charge is 0.494 e. The molecule has 0 aromatic heterocycles. The van der Waals surface area contributed by atoms with Crippen molar-refractivity contribution in [1.29, 1.82) is 0 Å². The first-order valence-corrected chi connectivity index (χ1v) is 5.49. The third-order valence-electron chi connectivity index (χ3n) is 3.31. The summed E-state index contributed by atoms with van der Waals surface area (Å²) in [5.74, 6) is -0.276. The van der Waals surface area contributed by atoms with Crippen molar-refractivity contribution < 1.29 is 14.2 Å². The number of hydrogen-bond acceptors (Lipinski definition) is 3. The maximum absolute atomic E-state index is 13.6. The van der Waals surface area contributed by atoms with E-state index in [9.17, 15) is 9.50 Å². The molecule has 0 saturated carbocycles. The highest BCUT2D eigenvalue weighted by Gasteiger charge is 2.31. The Bertz CT molecular complexity index is 391. The molecule has 1 aromatic carbocycles. The minimum atomic E-state index is -0.766. The van der Waals surface area contributed by atoms with Crippen LogP contribution in [0.3, 0.4) is 0 Å². The first-order chi connectivity index (χ1) is 7.80. The lowest BCUT2D eigenvalue weighted by atomic mass is 9.90. The fraction of sp³-hybridized carbons (Fsp3) is 0.538. The van der Waals surface area contributed by atoms with Crippen LogP contribution in [0.25, 0.3) is 0 Å². The van der Waals surface area contributed by atoms with Crippen LogP contribution in [0, 0.1) is 5.82 Å². The van der Waals surface area contributed by atoms with Gasteiger partial charge in [-0.15, -0.1) is 0 Å². The second kappa shape index (κ2) is 5.02. The molecule has 1 rings (SSSR count). The van der Waals surface area contributed by atoms with Gasteiger partial charge in [0, 0.05) is 5.54 Å². The zero-order chi connectivity index (χ0) is 13.2. The van der Waals surface area contributed by atoms with Crippen molar-refractivity contribution in [1.82, 2.24) is 4.90 Å². The van der Waals surface area contributed by atoms with E-state index in [1.165, 1.54) is 19.2 Å². The number of likely N-dealkylation sites (N-methyl/N-ethyl adjacent to an activating group) is 1. The van der Waals surface area contributed by atoms with Gasteiger partial charge in [-0.25, -0.2) is 4.39 Å². The molecule has 1 N–H and O–H groups in total. The Kier molecular flexibility index (Phi) is 4.11. The highest BCUT2D eigenvalue weighted by molar-refractivity contribution is 5.31. The Morgan fingerprint density at radius 2 is 1.94 bits per heavy atom. The van der Waals surface area contributed by atoms with Crippen molar-refractivity contribution in [2.45, 2.75) is 25.5 Å². The first-order valence-electron chi connectivity index (χ1n) is 5.49. The quantitative estimate of drug-likeness (QED) is 0.877. The van der Waals surface area contributed by atoms with Crippen LogP contribution in [0.1, 0.15) is 25.5 Å². The topological polar surface area (TPSA) is 32.7 Å². The third kappa shape index (κ3) is 2.76. The Balaban J connectivity index is 3.05. The zero-order valence-electron chi connectivity index (χ0n) is 11.0. The molecule has 0 aliphatic rings. The summed E-state index contributed by atoms with van der Waals surface area (Å²) >= 11 is 0. The summed E-state index contributed by atoms with van der Waals surface area (Å²) in [7, 11) is 5.17. The molecule has 0 radical (unpaired) electrons. The van der Waals surface area contributed by atoms with E-state index >= 15 is 0 Å². The first kappa shape index (κ1) is 13.9. The number of rotatable bonds is 4. The molecule has 0 fully saturated rings. The van der Waals surface area contributed by atoms with Crippen molar-refractivity contribution in [2.24, 2.45) is 0 Å². The lowest BCUT2D eigenvalue weighted by Gasteiger charge is -2.37. The van der Waals surface area contributed by atoms with Crippen molar-refractivity contribution in [3.05, 3.63) is 29.6 Å². The molecule has 1 unspecified atom stereocenters. The van der Waals surface area contributed by atoms with E-state index in [1.807, 2.05) is 32.8 Å². The summed E-state index contributed by atoms with van der Waals surface area (Å²) in [4.78, 5) is 1.90. The molecule has 96 valence electrons. The maximum atomic E-state index is 13.6. The van der Waals surface area contributed by atoms with Crippen LogP contribution in [0.5, 0.6) is 5.75 Å². The SMILES string of the molecule is COc1ccc(C(O)C(C)(C)N(C)C)cc1F. The van der Waals surface area contributed by atoms with Crippen LogP contribution >= 0.6 is 0 Å². The van der Waals surface area contributed by atoms with Gasteiger partial charge in [0.1, 0.15) is 0 Å². The second-order valence-corrected chi connectivity index (χ2v) is 4.84. The summed E-state index contributed by atoms with van der Waals surface area (Å²) in [6.07, 6.45) is -0.766. The van der Waals surface area contributed by atoms with E-state index in [-0.39, 0.29) is 5.75 Å². The Labute approximate surface area is 102 Å². The fourth-order valence-corrected chi connectivity index (χ4v) is 1.51. The molecule has 0 saturated heterocycles. The Morgan fingerprint density at radius 3 is 2.35 bits per heavy atom. The van der Waals surface area contributed by atoms with Gasteiger partial charge < -0.3 is 14.7 Å². The lowest BCUT2D eigenvalue weighted by molar-refractivity contribution is 0.0162. The van der Waals surface area contributed by atoms with Crippen molar-refractivity contribution in [3.8, 4) is 5.75 Å². The maximum Gasteiger partial charge on any atom is 0.165 e. The monoisotopic (exact) mass is 241 g/mol. The smallest absolute Gasteiger partial charge is 0.165 e. The summed E-state index contributed by atoms with van der Waals surface area (Å²) in [6, 6.07) is 4.52. The molecular weight excluding hydrogens is 221 g/mol. The highest BCUT2D eigenvalue weighted by atomic mass is 19.1. The standard InChI is InChI=1S/C13H20FNO2/c1-13(2,15(3)4)12(16)9-6-7-11(17-5)10(14)8-9/h6-8,12,16H,1-5H3. The molecule has 0 aliphatic heterocycles. The molecule has 4 heteroatoms. The molecule has 0 bridgehead atoms. The Morgan fingerprint density at radius 1 is 1.35 bits per heavy atom. The lowest BCUT2D eigenvalue weighted by Crippen LogP contribution is -2.43. The van der Waals surface area contributed by atoms with Crippen molar-refractivity contribution in [3.63, 3.8) is 0 Å². The number of aliphatic hydroxyl groups excluding tert-OH is 1. The van der Waals surface area contributed by atoms with Gasteiger partial charge in [0.25, 0.3) is 0 Å². The number of hydrogen-bond donors (Lipinski definition) is 1. The molecule has 1 aromatic rings. The normalized spacial score (nSPS) is 13.9. The molecule has 0 amide bonds. The molecule has 3 nitrogen and oxygen atoms in total. The minimum absolute atomic E-state index is 0.184. The molecule has 0 spiro atoms. The Hall–Kier alpha value is -1.13. The van der Waals surface area contributed by atoms with E-state index in [1.54, 1.807) is 6.07 Å². The summed E-state index contributed by atoms with van der Waals surface area (Å²) in [6.45, 7) is 3.81. The number of nitrogens with zero attached hydrogens (tertiary/aromatic N) is 1. The van der Waals surface area contributed by atoms with Crippen molar-refractivity contribution in [2.75, 3.05) is 21.2 Å². The van der Waals surface area contributed by atoms with Gasteiger partial charge in [-0.2, -0.15) is 0 Å². The second-order valence-electron chi connectivity index (χ2n) is 4.84. The van der Waals surface area contributed by atoms with Crippen LogP contribution in [0.4, 0.5) is 4.39 Å². The number of aliphatic hydroxyl groups is 1. The predicted octanol–water partition coefficient (Wildman–Crippen LogP) is 2.21. The van der Waals surface area contributed by atoms with Crippen molar-refractivity contribution >= 4 is 0 Å². The fourth-order valence-electron chi connectivity index (χ4n) is 1.51. The van der Waals surface area contributed by atoms with Gasteiger partial charge >= 0.3 is 0 Å². The average Bonchev–Trinajstić information content (AvgIpc) is 2.27. The van der Waals surface area contributed by atoms with Crippen LogP contribution < -0.4 is 4.74 Å². The molecule has 1 atom stereocenters. The van der Waals surface area contributed by atoms with E-state index in [2.05, 4.69) is 0 Å². The van der Waals surface area contributed by atoms with Gasteiger partial charge in [0.05, 0.1) is 13.2 Å². The zero-order valence-corrected chi connectivity index (χ0v) is 11.0. The third-order valence-corrected chi connectivity index (χ3v) is 3.31. The van der Waals surface area contributed by atoms with E-state index in [4.69, 9.17) is 4.74 Å². The van der Waals surface area contributed by atoms with Gasteiger partial charge in [0.15, 0.2) is 11.6 Å². The predicted molar refractivity (Wildman–Crippen MR) is 65.7 cm³/mol. The number of halogens is 1. The summed E-state index contributed by atoms with van der Waals surface area (Å²) in [5, 5.41) is 10.3. The van der Waals surface area contributed by atoms with Crippen LogP contribution in [0.2, 0.25) is 0 Å². The number of methoxy groups -OCH3 is 1. The average molecular weight is 241 g/mol. The summed E-state index contributed by atoms with van der Waals surface area (Å²) < 4.78 is 18.4. The van der Waals surface area contributed by atoms with Crippen LogP contribution in [0.15, 0.2) is 18.2 Å². The highest BCUT2D eigenvalue weighted by Crippen LogP contribution is 2.31. The van der Waals surface area contributed by atoms with Gasteiger partial charge in [-0.3, -0.25) is 0 Å². The minimum Gasteiger partial charge on any atom is -0.494 e. The van der Waals surface area contributed by atoms with Gasteiger partial charge in [-0.1, -0.05) is 6.07 Å². The number of ether oxygens (including phenoxy) is 1. The van der Waals surface area contributed by atoms with E-state index in [0.29, 0.717) is 5.56 Å². The van der Waals surface area contributed by atoms with Gasteiger partial charge in [0.2, 0.25) is 0 Å². The van der Waals surface area contributed by atoms with Gasteiger partial charge in [-0.05, 0) is 45.6 Å². The number of benzene rings is 1. The van der Waals surface area contributed by atoms with Crippen LogP contribution in [-0.2, 0) is 0 Å². The molecular formula is C13H20FNO2. The van der Waals surface area contributed by atoms with E-state index < -0.39 is 17.5 Å². The van der Waals surface area contributed by atoms with Crippen LogP contribution in [-0.4, -0.2) is 36.8 Å². The molecule has 17 heavy (non-hydrogen) atoms. The molecule has 0 heterocycles. The molecule has 0 aliphatic carbocycles.